The highest BCUT2D eigenvalue weighted by Crippen LogP contribution is 2.08. The molecule has 0 saturated heterocycles. The van der Waals surface area contributed by atoms with Gasteiger partial charge in [0.25, 0.3) is 0 Å². The maximum absolute atomic E-state index is 9.97. The van der Waals surface area contributed by atoms with Gasteiger partial charge in [0, 0.05) is 17.0 Å². The van der Waals surface area contributed by atoms with Crippen LogP contribution in [0.1, 0.15) is 0 Å². The number of aromatic nitrogens is 1. The van der Waals surface area contributed by atoms with Crippen molar-refractivity contribution < 1.29 is 14.1 Å². The monoisotopic (exact) mass is 146 g/mol. The van der Waals surface area contributed by atoms with Crippen molar-refractivity contribution in [2.45, 2.75) is 0 Å². The number of hydrogen-bond acceptors (Lipinski definition) is 2. The highest BCUT2D eigenvalue weighted by molar-refractivity contribution is 7.32. The van der Waals surface area contributed by atoms with Crippen LogP contribution in [0.15, 0.2) is 24.5 Å². The molecule has 1 rings (SSSR count). The zero-order valence-electron chi connectivity index (χ0n) is 4.47. The molecule has 48 valence electrons. The normalized spacial score (nSPS) is 11.0. The van der Waals surface area contributed by atoms with E-state index in [1.165, 1.54) is 17.1 Å². The van der Waals surface area contributed by atoms with Gasteiger partial charge in [-0.1, -0.05) is 0 Å². The molecule has 1 aromatic heterocycles. The van der Waals surface area contributed by atoms with Gasteiger partial charge in [0.1, 0.15) is 0 Å². The van der Waals surface area contributed by atoms with E-state index in [1.54, 1.807) is 12.1 Å². The highest BCUT2D eigenvalue weighted by atomic mass is 31.1. The molecule has 0 radical (unpaired) electrons. The quantitative estimate of drug-likeness (QED) is 0.620. The number of hydrogen-bond donors (Lipinski definition) is 1. The summed E-state index contributed by atoms with van der Waals surface area (Å²) in [5.74, 6) is 0. The van der Waals surface area contributed by atoms with Crippen LogP contribution in [0.3, 0.4) is 0 Å². The lowest BCUT2D eigenvalue weighted by Gasteiger charge is -1.84. The Balaban J connectivity index is 2.58. The summed E-state index contributed by atoms with van der Waals surface area (Å²) >= 11 is 0. The van der Waals surface area contributed by atoms with Gasteiger partial charge in [-0.2, -0.15) is 0 Å². The van der Waals surface area contributed by atoms with E-state index in [0.717, 1.165) is 0 Å². The molecule has 0 aliphatic rings. The molecule has 1 N–H and O–H groups in total. The third-order valence-corrected chi connectivity index (χ3v) is 1.07. The fourth-order valence-corrected chi connectivity index (χ4v) is 0.724. The molecule has 4 nitrogen and oxygen atoms in total. The second-order valence-corrected chi connectivity index (χ2v) is 2.00. The summed E-state index contributed by atoms with van der Waals surface area (Å²) in [7, 11) is -2.54. The van der Waals surface area contributed by atoms with Crippen LogP contribution in [0.2, 0.25) is 0 Å². The summed E-state index contributed by atoms with van der Waals surface area (Å²) in [6.07, 6.45) is 3.06. The van der Waals surface area contributed by atoms with Gasteiger partial charge < -0.3 is 0 Å². The first-order valence-corrected chi connectivity index (χ1v) is 3.39. The predicted octanol–water partition coefficient (Wildman–Crippen LogP) is 0.566. The number of nitrogens with zero attached hydrogens (tertiary/aromatic N) is 1. The first-order chi connectivity index (χ1) is 4.29. The Hall–Kier alpha value is -0.860. The van der Waals surface area contributed by atoms with Gasteiger partial charge in [0.15, 0.2) is 0 Å². The lowest BCUT2D eigenvalue weighted by atomic mass is 10.7. The lowest BCUT2D eigenvalue weighted by molar-refractivity contribution is 0.251. The molecule has 1 unspecified atom stereocenters. The Kier molecular flexibility index (Phi) is 1.82. The van der Waals surface area contributed by atoms with E-state index in [2.05, 4.69) is 4.62 Å². The van der Waals surface area contributed by atoms with Crippen LogP contribution in [-0.2, 0) is 4.57 Å². The van der Waals surface area contributed by atoms with E-state index < -0.39 is 8.25 Å². The van der Waals surface area contributed by atoms with E-state index in [9.17, 15) is 4.57 Å². The van der Waals surface area contributed by atoms with Crippen molar-refractivity contribution in [3.8, 4) is 0 Å². The second kappa shape index (κ2) is 2.62. The van der Waals surface area contributed by atoms with Crippen LogP contribution in [0.5, 0.6) is 0 Å². The molecule has 0 aliphatic carbocycles. The van der Waals surface area contributed by atoms with E-state index in [1.807, 2.05) is 0 Å². The molecule has 0 aromatic carbocycles. The van der Waals surface area contributed by atoms with Crippen molar-refractivity contribution in [1.82, 2.24) is 4.73 Å². The van der Waals surface area contributed by atoms with Gasteiger partial charge in [-0.25, -0.2) is 0 Å². The number of rotatable bonds is 2. The maximum Gasteiger partial charge on any atom is 0.768 e. The second-order valence-electron chi connectivity index (χ2n) is 1.36. The standard InChI is InChI=1S/C4H4NO3P/c6-9(7)8-5-3-1-2-4-5/h1-4H/p+1. The maximum atomic E-state index is 9.97. The van der Waals surface area contributed by atoms with Gasteiger partial charge >= 0.3 is 8.25 Å². The molecular weight excluding hydrogens is 141 g/mol. The van der Waals surface area contributed by atoms with E-state index >= 15 is 0 Å². The molecular formula is C4H5NO3P+. The van der Waals surface area contributed by atoms with E-state index in [4.69, 9.17) is 4.89 Å². The summed E-state index contributed by atoms with van der Waals surface area (Å²) in [6.45, 7) is 0. The zero-order valence-corrected chi connectivity index (χ0v) is 5.36. The van der Waals surface area contributed by atoms with Crippen molar-refractivity contribution in [2.24, 2.45) is 0 Å². The molecule has 1 atom stereocenters. The average molecular weight is 146 g/mol. The fourth-order valence-electron chi connectivity index (χ4n) is 0.454. The van der Waals surface area contributed by atoms with Crippen LogP contribution >= 0.6 is 8.25 Å². The largest absolute Gasteiger partial charge is 0.768 e. The molecule has 0 amide bonds. The fraction of sp³-hybridized carbons (Fsp3) is 0. The highest BCUT2D eigenvalue weighted by Gasteiger charge is 2.11. The molecule has 0 spiro atoms. The van der Waals surface area contributed by atoms with Gasteiger partial charge in [-0.05, 0) is 12.1 Å². The van der Waals surface area contributed by atoms with Gasteiger partial charge in [0.2, 0.25) is 0 Å². The SMILES string of the molecule is O=[P+](O)On1cccc1. The van der Waals surface area contributed by atoms with Crippen LogP contribution in [0, 0.1) is 0 Å². The minimum Gasteiger partial charge on any atom is -0.141 e. The molecule has 9 heavy (non-hydrogen) atoms. The lowest BCUT2D eigenvalue weighted by Crippen LogP contribution is -1.97. The van der Waals surface area contributed by atoms with Crippen LogP contribution in [-0.4, -0.2) is 9.62 Å². The smallest absolute Gasteiger partial charge is 0.141 e. The molecule has 0 fully saturated rings. The zero-order chi connectivity index (χ0) is 6.69. The van der Waals surface area contributed by atoms with Gasteiger partial charge in [0.05, 0.1) is 0 Å². The summed E-state index contributed by atoms with van der Waals surface area (Å²) in [4.78, 5) is 8.19. The Morgan fingerprint density at radius 1 is 1.44 bits per heavy atom. The summed E-state index contributed by atoms with van der Waals surface area (Å²) in [5, 5.41) is 0. The molecule has 1 heterocycles. The molecule has 0 bridgehead atoms. The van der Waals surface area contributed by atoms with Crippen LogP contribution in [0.4, 0.5) is 0 Å². The Morgan fingerprint density at radius 2 is 2.00 bits per heavy atom. The summed E-state index contributed by atoms with van der Waals surface area (Å²) in [6, 6.07) is 3.39. The van der Waals surface area contributed by atoms with Crippen molar-refractivity contribution in [2.75, 3.05) is 0 Å². The van der Waals surface area contributed by atoms with Crippen LogP contribution in [0.25, 0.3) is 0 Å². The van der Waals surface area contributed by atoms with Crippen molar-refractivity contribution in [3.63, 3.8) is 0 Å². The Bertz CT molecular complexity index is 196. The molecule has 0 aliphatic heterocycles. The average Bonchev–Trinajstić information content (AvgIpc) is 2.15. The van der Waals surface area contributed by atoms with Gasteiger partial charge in [-0.15, -0.1) is 14.2 Å². The first kappa shape index (κ1) is 6.26. The van der Waals surface area contributed by atoms with Crippen LogP contribution < -0.4 is 4.62 Å². The first-order valence-electron chi connectivity index (χ1n) is 2.26. The topological polar surface area (TPSA) is 51.5 Å². The van der Waals surface area contributed by atoms with Gasteiger partial charge in [-0.3, -0.25) is 0 Å². The third-order valence-electron chi connectivity index (χ3n) is 0.741. The summed E-state index contributed by atoms with van der Waals surface area (Å²) < 4.78 is 15.5. The molecule has 1 aromatic rings. The van der Waals surface area contributed by atoms with Crippen molar-refractivity contribution in [3.05, 3.63) is 24.5 Å². The minimum absolute atomic E-state index is 1.17. The Labute approximate surface area is 52.6 Å². The summed E-state index contributed by atoms with van der Waals surface area (Å²) in [5.41, 5.74) is 0. The van der Waals surface area contributed by atoms with E-state index in [-0.39, 0.29) is 0 Å². The Morgan fingerprint density at radius 3 is 2.44 bits per heavy atom. The van der Waals surface area contributed by atoms with Crippen molar-refractivity contribution in [1.29, 1.82) is 0 Å². The molecule has 0 saturated carbocycles. The van der Waals surface area contributed by atoms with Crippen molar-refractivity contribution >= 4 is 8.25 Å². The molecule has 5 heteroatoms. The van der Waals surface area contributed by atoms with E-state index in [0.29, 0.717) is 0 Å². The minimum atomic E-state index is -2.54. The third kappa shape index (κ3) is 1.83. The predicted molar refractivity (Wildman–Crippen MR) is 30.8 cm³/mol.